The van der Waals surface area contributed by atoms with Gasteiger partial charge in [0.15, 0.2) is 6.10 Å². The summed E-state index contributed by atoms with van der Waals surface area (Å²) < 4.78 is 11.2. The lowest BCUT2D eigenvalue weighted by atomic mass is 10.1. The number of morpholine rings is 1. The average molecular weight is 396 g/mol. The van der Waals surface area contributed by atoms with E-state index in [1.54, 1.807) is 29.2 Å². The van der Waals surface area contributed by atoms with Crippen LogP contribution in [0.3, 0.4) is 0 Å². The Labute approximate surface area is 171 Å². The molecule has 1 aliphatic heterocycles. The van der Waals surface area contributed by atoms with Crippen LogP contribution in [0.4, 0.5) is 5.69 Å². The maximum atomic E-state index is 12.9. The van der Waals surface area contributed by atoms with Crippen molar-refractivity contribution in [2.75, 3.05) is 31.6 Å². The summed E-state index contributed by atoms with van der Waals surface area (Å²) in [6.07, 6.45) is -0.137. The van der Waals surface area contributed by atoms with Crippen molar-refractivity contribution in [1.29, 1.82) is 0 Å². The Bertz CT molecular complexity index is 875. The molecule has 1 fully saturated rings. The number of carbonyl (C=O) groups excluding carboxylic acids is 2. The number of hydrogen-bond donors (Lipinski definition) is 1. The first-order valence-corrected chi connectivity index (χ1v) is 10.0. The van der Waals surface area contributed by atoms with Crippen LogP contribution < -0.4 is 10.1 Å². The van der Waals surface area contributed by atoms with Crippen LogP contribution in [-0.4, -0.2) is 49.1 Å². The molecule has 0 radical (unpaired) electrons. The number of nitrogens with zero attached hydrogens (tertiary/aromatic N) is 1. The van der Waals surface area contributed by atoms with Crippen LogP contribution in [-0.2, 0) is 9.53 Å². The minimum Gasteiger partial charge on any atom is -0.481 e. The van der Waals surface area contributed by atoms with Crippen molar-refractivity contribution in [3.63, 3.8) is 0 Å². The Morgan fingerprint density at radius 2 is 1.83 bits per heavy atom. The van der Waals surface area contributed by atoms with Crippen LogP contribution in [0.15, 0.2) is 42.5 Å². The summed E-state index contributed by atoms with van der Waals surface area (Å²) in [7, 11) is 0. The van der Waals surface area contributed by atoms with E-state index in [2.05, 4.69) is 5.32 Å². The third-order valence-corrected chi connectivity index (χ3v) is 5.13. The number of ether oxygens (including phenoxy) is 2. The van der Waals surface area contributed by atoms with E-state index in [9.17, 15) is 9.59 Å². The minimum absolute atomic E-state index is 0.104. The Morgan fingerprint density at radius 3 is 2.52 bits per heavy atom. The molecule has 0 bridgehead atoms. The van der Waals surface area contributed by atoms with Gasteiger partial charge >= 0.3 is 0 Å². The molecule has 2 amide bonds. The Morgan fingerprint density at radius 1 is 1.10 bits per heavy atom. The largest absolute Gasteiger partial charge is 0.481 e. The van der Waals surface area contributed by atoms with Gasteiger partial charge in [-0.1, -0.05) is 25.1 Å². The number of rotatable bonds is 6. The van der Waals surface area contributed by atoms with Crippen LogP contribution in [0.2, 0.25) is 0 Å². The smallest absolute Gasteiger partial charge is 0.265 e. The van der Waals surface area contributed by atoms with Crippen molar-refractivity contribution in [3.05, 3.63) is 59.2 Å². The molecule has 1 saturated heterocycles. The zero-order valence-corrected chi connectivity index (χ0v) is 17.2. The number of hydrogen-bond acceptors (Lipinski definition) is 4. The molecule has 1 unspecified atom stereocenters. The first-order chi connectivity index (χ1) is 14.0. The summed E-state index contributed by atoms with van der Waals surface area (Å²) in [4.78, 5) is 27.5. The second-order valence-corrected chi connectivity index (χ2v) is 7.20. The second-order valence-electron chi connectivity index (χ2n) is 7.20. The Hall–Kier alpha value is -2.86. The molecule has 3 rings (SSSR count). The van der Waals surface area contributed by atoms with Crippen LogP contribution >= 0.6 is 0 Å². The summed E-state index contributed by atoms with van der Waals surface area (Å²) in [5.41, 5.74) is 3.25. The quantitative estimate of drug-likeness (QED) is 0.811. The lowest BCUT2D eigenvalue weighted by Crippen LogP contribution is -2.41. The molecule has 0 aliphatic carbocycles. The molecular weight excluding hydrogens is 368 g/mol. The molecule has 6 nitrogen and oxygen atoms in total. The molecule has 1 atom stereocenters. The van der Waals surface area contributed by atoms with Crippen LogP contribution in [0.5, 0.6) is 5.75 Å². The molecule has 0 saturated carbocycles. The molecule has 2 aromatic rings. The summed E-state index contributed by atoms with van der Waals surface area (Å²) in [5, 5.41) is 2.89. The highest BCUT2D eigenvalue weighted by atomic mass is 16.5. The average Bonchev–Trinajstić information content (AvgIpc) is 2.75. The molecule has 154 valence electrons. The van der Waals surface area contributed by atoms with E-state index in [0.717, 1.165) is 5.56 Å². The van der Waals surface area contributed by atoms with Crippen molar-refractivity contribution >= 4 is 17.5 Å². The maximum Gasteiger partial charge on any atom is 0.265 e. The highest BCUT2D eigenvalue weighted by molar-refractivity contribution is 6.04. The van der Waals surface area contributed by atoms with E-state index < -0.39 is 6.10 Å². The molecule has 1 N–H and O–H groups in total. The van der Waals surface area contributed by atoms with Gasteiger partial charge in [-0.15, -0.1) is 0 Å². The monoisotopic (exact) mass is 396 g/mol. The van der Waals surface area contributed by atoms with E-state index in [1.165, 1.54) is 5.56 Å². The molecule has 1 aliphatic rings. The van der Waals surface area contributed by atoms with Gasteiger partial charge in [-0.05, 0) is 55.7 Å². The zero-order valence-electron chi connectivity index (χ0n) is 17.2. The lowest BCUT2D eigenvalue weighted by Gasteiger charge is -2.27. The van der Waals surface area contributed by atoms with Gasteiger partial charge in [-0.2, -0.15) is 0 Å². The minimum atomic E-state index is -0.649. The topological polar surface area (TPSA) is 67.9 Å². The molecule has 0 spiro atoms. The third-order valence-electron chi connectivity index (χ3n) is 5.13. The highest BCUT2D eigenvalue weighted by Gasteiger charge is 2.24. The van der Waals surface area contributed by atoms with Gasteiger partial charge in [0.05, 0.1) is 24.5 Å². The lowest BCUT2D eigenvalue weighted by molar-refractivity contribution is -0.122. The van der Waals surface area contributed by atoms with E-state index in [-0.39, 0.29) is 11.8 Å². The zero-order chi connectivity index (χ0) is 20.8. The first kappa shape index (κ1) is 20.9. The molecule has 29 heavy (non-hydrogen) atoms. The Kier molecular flexibility index (Phi) is 6.88. The van der Waals surface area contributed by atoms with Crippen LogP contribution in [0.1, 0.15) is 34.8 Å². The molecular formula is C23H28N2O4. The Balaban J connectivity index is 1.73. The van der Waals surface area contributed by atoms with E-state index >= 15 is 0 Å². The van der Waals surface area contributed by atoms with Gasteiger partial charge in [0.25, 0.3) is 11.8 Å². The van der Waals surface area contributed by atoms with Crippen molar-refractivity contribution in [3.8, 4) is 5.75 Å². The summed E-state index contributed by atoms with van der Waals surface area (Å²) >= 11 is 0. The number of carbonyl (C=O) groups is 2. The summed E-state index contributed by atoms with van der Waals surface area (Å²) in [6, 6.07) is 12.9. The summed E-state index contributed by atoms with van der Waals surface area (Å²) in [6.45, 7) is 8.10. The third kappa shape index (κ3) is 5.15. The van der Waals surface area contributed by atoms with Gasteiger partial charge in [-0.3, -0.25) is 9.59 Å². The van der Waals surface area contributed by atoms with Gasteiger partial charge in [0, 0.05) is 13.1 Å². The standard InChI is InChI=1S/C23H28N2O4/c1-4-21(29-18-10-9-16(2)17(3)15-18)22(26)24-20-8-6-5-7-19(20)23(27)25-11-13-28-14-12-25/h5-10,15,21H,4,11-14H2,1-3H3,(H,24,26). The predicted octanol–water partition coefficient (Wildman–Crippen LogP) is 3.57. The van der Waals surface area contributed by atoms with Crippen LogP contribution in [0.25, 0.3) is 0 Å². The number of para-hydroxylation sites is 1. The highest BCUT2D eigenvalue weighted by Crippen LogP contribution is 2.21. The van der Waals surface area contributed by atoms with Gasteiger partial charge in [0.1, 0.15) is 5.75 Å². The fourth-order valence-corrected chi connectivity index (χ4v) is 3.20. The molecule has 6 heteroatoms. The van der Waals surface area contributed by atoms with E-state index in [4.69, 9.17) is 9.47 Å². The van der Waals surface area contributed by atoms with Crippen molar-refractivity contribution in [2.45, 2.75) is 33.3 Å². The fourth-order valence-electron chi connectivity index (χ4n) is 3.20. The SMILES string of the molecule is CCC(Oc1ccc(C)c(C)c1)C(=O)Nc1ccccc1C(=O)N1CCOCC1. The summed E-state index contributed by atoms with van der Waals surface area (Å²) in [5.74, 6) is 0.285. The fraction of sp³-hybridized carbons (Fsp3) is 0.391. The number of nitrogens with one attached hydrogen (secondary N) is 1. The number of anilines is 1. The van der Waals surface area contributed by atoms with Gasteiger partial charge in [0.2, 0.25) is 0 Å². The van der Waals surface area contributed by atoms with Crippen molar-refractivity contribution in [1.82, 2.24) is 4.90 Å². The first-order valence-electron chi connectivity index (χ1n) is 10.0. The van der Waals surface area contributed by atoms with E-state index in [1.807, 2.05) is 39.0 Å². The molecule has 1 heterocycles. The van der Waals surface area contributed by atoms with Crippen molar-refractivity contribution in [2.24, 2.45) is 0 Å². The maximum absolute atomic E-state index is 12.9. The molecule has 2 aromatic carbocycles. The van der Waals surface area contributed by atoms with Crippen LogP contribution in [0, 0.1) is 13.8 Å². The molecule has 0 aromatic heterocycles. The van der Waals surface area contributed by atoms with Gasteiger partial charge < -0.3 is 19.7 Å². The number of amides is 2. The number of aryl methyl sites for hydroxylation is 2. The predicted molar refractivity (Wildman–Crippen MR) is 112 cm³/mol. The van der Waals surface area contributed by atoms with Crippen molar-refractivity contribution < 1.29 is 19.1 Å². The van der Waals surface area contributed by atoms with E-state index in [0.29, 0.717) is 49.7 Å². The van der Waals surface area contributed by atoms with Gasteiger partial charge in [-0.25, -0.2) is 0 Å². The normalized spacial score (nSPS) is 14.9. The number of benzene rings is 2. The second kappa shape index (κ2) is 9.56.